The summed E-state index contributed by atoms with van der Waals surface area (Å²) in [5, 5.41) is 17.1. The van der Waals surface area contributed by atoms with Crippen molar-refractivity contribution in [2.45, 2.75) is 26.4 Å². The van der Waals surface area contributed by atoms with Gasteiger partial charge in [-0.1, -0.05) is 24.3 Å². The molecule has 0 bridgehead atoms. The molecule has 0 saturated carbocycles. The van der Waals surface area contributed by atoms with Gasteiger partial charge in [-0.15, -0.1) is 15.3 Å². The topological polar surface area (TPSA) is 94.3 Å². The van der Waals surface area contributed by atoms with Crippen LogP contribution < -0.4 is 5.43 Å². The van der Waals surface area contributed by atoms with Crippen molar-refractivity contribution < 1.29 is 0 Å². The molecule has 0 aliphatic heterocycles. The number of pyridine rings is 1. The third kappa shape index (κ3) is 2.93. The van der Waals surface area contributed by atoms with Crippen molar-refractivity contribution in [3.63, 3.8) is 0 Å². The zero-order valence-corrected chi connectivity index (χ0v) is 13.8. The van der Waals surface area contributed by atoms with Gasteiger partial charge in [-0.05, 0) is 18.6 Å². The van der Waals surface area contributed by atoms with E-state index in [9.17, 15) is 4.79 Å². The molecule has 126 valence electrons. The van der Waals surface area contributed by atoms with E-state index in [4.69, 9.17) is 0 Å². The molecule has 0 aliphatic carbocycles. The van der Waals surface area contributed by atoms with Gasteiger partial charge >= 0.3 is 0 Å². The minimum absolute atomic E-state index is 0.0402. The van der Waals surface area contributed by atoms with E-state index in [1.165, 1.54) is 0 Å². The second kappa shape index (κ2) is 6.31. The van der Waals surface area contributed by atoms with Gasteiger partial charge in [0.2, 0.25) is 0 Å². The maximum atomic E-state index is 12.3. The van der Waals surface area contributed by atoms with E-state index >= 15 is 0 Å². The molecule has 8 nitrogen and oxygen atoms in total. The second-order valence-corrected chi connectivity index (χ2v) is 5.83. The third-order valence-electron chi connectivity index (χ3n) is 4.02. The SMILES string of the molecule is CCCn1cnnc1Cn1cc(-c2cc(=O)c3ccccc3[nH]2)nn1. The molecule has 8 heteroatoms. The Kier molecular flexibility index (Phi) is 3.85. The summed E-state index contributed by atoms with van der Waals surface area (Å²) in [4.78, 5) is 15.5. The van der Waals surface area contributed by atoms with Crippen LogP contribution in [0.1, 0.15) is 19.2 Å². The molecule has 0 radical (unpaired) electrons. The van der Waals surface area contributed by atoms with Crippen LogP contribution in [0.2, 0.25) is 0 Å². The highest BCUT2D eigenvalue weighted by atomic mass is 16.1. The van der Waals surface area contributed by atoms with Crippen molar-refractivity contribution in [3.8, 4) is 11.4 Å². The molecular formula is C17H17N7O. The Bertz CT molecular complexity index is 1080. The number of para-hydroxylation sites is 1. The normalized spacial score (nSPS) is 11.2. The summed E-state index contributed by atoms with van der Waals surface area (Å²) < 4.78 is 3.69. The van der Waals surface area contributed by atoms with E-state index in [-0.39, 0.29) is 5.43 Å². The van der Waals surface area contributed by atoms with E-state index in [1.807, 2.05) is 22.8 Å². The number of aryl methyl sites for hydroxylation is 1. The number of benzene rings is 1. The molecule has 1 N–H and O–H groups in total. The maximum absolute atomic E-state index is 12.3. The minimum atomic E-state index is -0.0402. The fraction of sp³-hybridized carbons (Fsp3) is 0.235. The number of aromatic amines is 1. The third-order valence-corrected chi connectivity index (χ3v) is 4.02. The largest absolute Gasteiger partial charge is 0.353 e. The van der Waals surface area contributed by atoms with Crippen molar-refractivity contribution in [2.24, 2.45) is 0 Å². The van der Waals surface area contributed by atoms with Gasteiger partial charge in [0.25, 0.3) is 0 Å². The Morgan fingerprint density at radius 3 is 2.96 bits per heavy atom. The van der Waals surface area contributed by atoms with Gasteiger partial charge in [0.15, 0.2) is 11.3 Å². The predicted molar refractivity (Wildman–Crippen MR) is 93.0 cm³/mol. The smallest absolute Gasteiger partial charge is 0.190 e. The van der Waals surface area contributed by atoms with E-state index in [2.05, 4.69) is 32.4 Å². The Labute approximate surface area is 143 Å². The summed E-state index contributed by atoms with van der Waals surface area (Å²) in [6, 6.07) is 8.96. The number of nitrogens with one attached hydrogen (secondary N) is 1. The van der Waals surface area contributed by atoms with Gasteiger partial charge in [0, 0.05) is 23.5 Å². The van der Waals surface area contributed by atoms with Gasteiger partial charge in [0.05, 0.1) is 11.9 Å². The molecule has 0 spiro atoms. The van der Waals surface area contributed by atoms with Gasteiger partial charge in [0.1, 0.15) is 18.6 Å². The first-order valence-corrected chi connectivity index (χ1v) is 8.14. The fourth-order valence-electron chi connectivity index (χ4n) is 2.81. The molecular weight excluding hydrogens is 318 g/mol. The summed E-state index contributed by atoms with van der Waals surface area (Å²) in [7, 11) is 0. The Morgan fingerprint density at radius 2 is 2.08 bits per heavy atom. The van der Waals surface area contributed by atoms with Crippen molar-refractivity contribution in [3.05, 3.63) is 58.9 Å². The number of rotatable bonds is 5. The van der Waals surface area contributed by atoms with Crippen LogP contribution in [-0.2, 0) is 13.1 Å². The van der Waals surface area contributed by atoms with Crippen LogP contribution in [0.4, 0.5) is 0 Å². The lowest BCUT2D eigenvalue weighted by Crippen LogP contribution is -2.08. The molecule has 0 aliphatic rings. The van der Waals surface area contributed by atoms with Crippen LogP contribution in [0.25, 0.3) is 22.3 Å². The van der Waals surface area contributed by atoms with Gasteiger partial charge in [-0.3, -0.25) is 4.79 Å². The molecule has 0 fully saturated rings. The first-order chi connectivity index (χ1) is 12.2. The molecule has 25 heavy (non-hydrogen) atoms. The maximum Gasteiger partial charge on any atom is 0.190 e. The van der Waals surface area contributed by atoms with Crippen molar-refractivity contribution in [1.82, 2.24) is 34.7 Å². The van der Waals surface area contributed by atoms with Crippen molar-refractivity contribution >= 4 is 10.9 Å². The molecule has 4 rings (SSSR count). The molecule has 0 atom stereocenters. The van der Waals surface area contributed by atoms with Crippen LogP contribution in [0.3, 0.4) is 0 Å². The highest BCUT2D eigenvalue weighted by molar-refractivity contribution is 5.80. The van der Waals surface area contributed by atoms with Crippen molar-refractivity contribution in [2.75, 3.05) is 0 Å². The highest BCUT2D eigenvalue weighted by Crippen LogP contribution is 2.16. The monoisotopic (exact) mass is 335 g/mol. The Morgan fingerprint density at radius 1 is 1.20 bits per heavy atom. The van der Waals surface area contributed by atoms with E-state index in [1.54, 1.807) is 29.3 Å². The molecule has 1 aromatic carbocycles. The summed E-state index contributed by atoms with van der Waals surface area (Å²) >= 11 is 0. The van der Waals surface area contributed by atoms with Gasteiger partial charge in [-0.2, -0.15) is 0 Å². The quantitative estimate of drug-likeness (QED) is 0.600. The lowest BCUT2D eigenvalue weighted by molar-refractivity contribution is 0.570. The first-order valence-electron chi connectivity index (χ1n) is 8.14. The van der Waals surface area contributed by atoms with Crippen LogP contribution in [0, 0.1) is 0 Å². The summed E-state index contributed by atoms with van der Waals surface area (Å²) in [5.74, 6) is 0.824. The standard InChI is InChI=1S/C17H17N7O/c1-2-7-23-11-18-21-17(23)10-24-9-15(20-22-24)14-8-16(25)12-5-3-4-6-13(12)19-14/h3-6,8-9,11H,2,7,10H2,1H3,(H,19,25). The van der Waals surface area contributed by atoms with E-state index in [0.29, 0.717) is 23.3 Å². The zero-order valence-electron chi connectivity index (χ0n) is 13.8. The number of nitrogens with zero attached hydrogens (tertiary/aromatic N) is 6. The number of H-pyrrole nitrogens is 1. The zero-order chi connectivity index (χ0) is 17.2. The second-order valence-electron chi connectivity index (χ2n) is 5.83. The Hall–Kier alpha value is -3.29. The Balaban J connectivity index is 1.65. The minimum Gasteiger partial charge on any atom is -0.353 e. The number of fused-ring (bicyclic) bond motifs is 1. The summed E-state index contributed by atoms with van der Waals surface area (Å²) in [6.07, 6.45) is 4.52. The average Bonchev–Trinajstić information content (AvgIpc) is 3.26. The molecule has 0 unspecified atom stereocenters. The number of hydrogen-bond acceptors (Lipinski definition) is 5. The molecule has 0 saturated heterocycles. The van der Waals surface area contributed by atoms with Crippen molar-refractivity contribution in [1.29, 1.82) is 0 Å². The summed E-state index contributed by atoms with van der Waals surface area (Å²) in [6.45, 7) is 3.44. The van der Waals surface area contributed by atoms with Crippen LogP contribution in [0.15, 0.2) is 47.7 Å². The van der Waals surface area contributed by atoms with Crippen LogP contribution in [0.5, 0.6) is 0 Å². The number of hydrogen-bond donors (Lipinski definition) is 1. The summed E-state index contributed by atoms with van der Waals surface area (Å²) in [5.41, 5.74) is 2.00. The van der Waals surface area contributed by atoms with Gasteiger partial charge in [-0.25, -0.2) is 4.68 Å². The molecule has 4 aromatic rings. The van der Waals surface area contributed by atoms with Gasteiger partial charge < -0.3 is 9.55 Å². The lowest BCUT2D eigenvalue weighted by atomic mass is 10.2. The van der Waals surface area contributed by atoms with Crippen LogP contribution in [-0.4, -0.2) is 34.7 Å². The predicted octanol–water partition coefficient (Wildman–Crippen LogP) is 1.84. The van der Waals surface area contributed by atoms with Crippen LogP contribution >= 0.6 is 0 Å². The number of aromatic nitrogens is 7. The fourth-order valence-corrected chi connectivity index (χ4v) is 2.81. The highest BCUT2D eigenvalue weighted by Gasteiger charge is 2.10. The lowest BCUT2D eigenvalue weighted by Gasteiger charge is -2.04. The molecule has 3 aromatic heterocycles. The van der Waals surface area contributed by atoms with E-state index in [0.717, 1.165) is 24.3 Å². The first kappa shape index (κ1) is 15.3. The molecule has 3 heterocycles. The molecule has 0 amide bonds. The average molecular weight is 335 g/mol. The van der Waals surface area contributed by atoms with E-state index < -0.39 is 0 Å².